The van der Waals surface area contributed by atoms with Gasteiger partial charge >= 0.3 is 6.18 Å². The topological polar surface area (TPSA) is 38.1 Å². The van der Waals surface area contributed by atoms with Crippen molar-refractivity contribution in [2.45, 2.75) is 76.2 Å². The van der Waals surface area contributed by atoms with Crippen molar-refractivity contribution in [3.63, 3.8) is 0 Å². The third-order valence-corrected chi connectivity index (χ3v) is 6.32. The van der Waals surface area contributed by atoms with Crippen LogP contribution in [-0.4, -0.2) is 33.1 Å². The van der Waals surface area contributed by atoms with Gasteiger partial charge in [0, 0.05) is 18.6 Å². The summed E-state index contributed by atoms with van der Waals surface area (Å²) in [6.45, 7) is 1.69. The molecule has 1 aromatic carbocycles. The fourth-order valence-electron chi connectivity index (χ4n) is 4.83. The van der Waals surface area contributed by atoms with Gasteiger partial charge in [0.25, 0.3) is 5.56 Å². The molecule has 0 amide bonds. The van der Waals surface area contributed by atoms with Crippen LogP contribution in [0.15, 0.2) is 29.3 Å². The summed E-state index contributed by atoms with van der Waals surface area (Å²) in [5.74, 6) is 0. The van der Waals surface area contributed by atoms with Gasteiger partial charge in [0.1, 0.15) is 0 Å². The van der Waals surface area contributed by atoms with Crippen LogP contribution in [0.25, 0.3) is 10.9 Å². The molecule has 1 saturated heterocycles. The minimum Gasteiger partial charge on any atom is -0.299 e. The Bertz CT molecular complexity index is 887. The monoisotopic (exact) mass is 393 g/mol. The number of benzene rings is 1. The van der Waals surface area contributed by atoms with Crippen LogP contribution in [0.5, 0.6) is 0 Å². The van der Waals surface area contributed by atoms with Gasteiger partial charge in [-0.3, -0.25) is 14.3 Å². The third-order valence-electron chi connectivity index (χ3n) is 6.32. The average molecular weight is 393 g/mol. The van der Waals surface area contributed by atoms with Gasteiger partial charge < -0.3 is 0 Å². The fraction of sp³-hybridized carbons (Fsp3) is 0.619. The van der Waals surface area contributed by atoms with Crippen molar-refractivity contribution < 1.29 is 13.2 Å². The first-order chi connectivity index (χ1) is 13.4. The molecule has 1 atom stereocenters. The molecule has 4 rings (SSSR count). The van der Waals surface area contributed by atoms with E-state index in [4.69, 9.17) is 0 Å². The lowest BCUT2D eigenvalue weighted by atomic mass is 9.96. The van der Waals surface area contributed by atoms with E-state index in [2.05, 4.69) is 9.88 Å². The third kappa shape index (κ3) is 3.95. The Morgan fingerprint density at radius 2 is 1.82 bits per heavy atom. The second-order valence-corrected chi connectivity index (χ2v) is 8.09. The van der Waals surface area contributed by atoms with Gasteiger partial charge in [-0.05, 0) is 56.8 Å². The summed E-state index contributed by atoms with van der Waals surface area (Å²) in [5.41, 5.74) is -0.942. The largest absolute Gasteiger partial charge is 0.416 e. The smallest absolute Gasteiger partial charge is 0.299 e. The number of hydrogen-bond acceptors (Lipinski definition) is 3. The molecule has 1 aliphatic heterocycles. The van der Waals surface area contributed by atoms with Gasteiger partial charge in [-0.2, -0.15) is 13.2 Å². The molecule has 1 aliphatic carbocycles. The predicted molar refractivity (Wildman–Crippen MR) is 102 cm³/mol. The quantitative estimate of drug-likeness (QED) is 0.762. The highest BCUT2D eigenvalue weighted by atomic mass is 19.4. The van der Waals surface area contributed by atoms with Crippen LogP contribution in [0.4, 0.5) is 13.2 Å². The molecule has 0 radical (unpaired) electrons. The van der Waals surface area contributed by atoms with E-state index in [0.29, 0.717) is 18.6 Å². The minimum absolute atomic E-state index is 0.0984. The first-order valence-electron chi connectivity index (χ1n) is 10.3. The van der Waals surface area contributed by atoms with Gasteiger partial charge in [-0.15, -0.1) is 0 Å². The number of rotatable bonds is 4. The number of hydrogen-bond donors (Lipinski definition) is 0. The zero-order chi connectivity index (χ0) is 19.7. The van der Waals surface area contributed by atoms with Crippen molar-refractivity contribution in [1.29, 1.82) is 0 Å². The summed E-state index contributed by atoms with van der Waals surface area (Å²) < 4.78 is 40.2. The van der Waals surface area contributed by atoms with Crippen molar-refractivity contribution in [3.8, 4) is 0 Å². The van der Waals surface area contributed by atoms with Gasteiger partial charge in [0.15, 0.2) is 0 Å². The Morgan fingerprint density at radius 1 is 1.07 bits per heavy atom. The van der Waals surface area contributed by atoms with Crippen molar-refractivity contribution in [2.75, 3.05) is 6.54 Å². The molecule has 152 valence electrons. The van der Waals surface area contributed by atoms with Gasteiger partial charge in [0.2, 0.25) is 0 Å². The fourth-order valence-corrected chi connectivity index (χ4v) is 4.83. The Kier molecular flexibility index (Phi) is 5.45. The standard InChI is InChI=1S/C21H26F3N3O/c22-21(23,24)15-8-9-18-19(13-15)25-14-26(20(18)28)12-10-17-7-3-4-11-27(17)16-5-1-2-6-16/h8-9,13-14,16-17H,1-7,10-12H2/t17-/m1/s1. The molecule has 0 unspecified atom stereocenters. The lowest BCUT2D eigenvalue weighted by Gasteiger charge is -2.40. The molecular formula is C21H26F3N3O. The number of piperidine rings is 1. The number of nitrogens with zero attached hydrogens (tertiary/aromatic N) is 3. The number of aryl methyl sites for hydroxylation is 1. The molecule has 0 N–H and O–H groups in total. The maximum absolute atomic E-state index is 12.9. The maximum atomic E-state index is 12.9. The average Bonchev–Trinajstić information content (AvgIpc) is 3.21. The summed E-state index contributed by atoms with van der Waals surface area (Å²) in [6.07, 6.45) is 6.62. The molecule has 1 saturated carbocycles. The molecule has 2 aliphatic rings. The normalized spacial score (nSPS) is 22.2. The molecule has 4 nitrogen and oxygen atoms in total. The van der Waals surface area contributed by atoms with E-state index >= 15 is 0 Å². The van der Waals surface area contributed by atoms with Crippen LogP contribution in [0.2, 0.25) is 0 Å². The zero-order valence-corrected chi connectivity index (χ0v) is 15.9. The van der Waals surface area contributed by atoms with Crippen molar-refractivity contribution in [1.82, 2.24) is 14.5 Å². The predicted octanol–water partition coefficient (Wildman–Crippen LogP) is 4.60. The van der Waals surface area contributed by atoms with Gasteiger partial charge in [-0.1, -0.05) is 19.3 Å². The minimum atomic E-state index is -4.44. The molecule has 1 aromatic heterocycles. The number of likely N-dealkylation sites (tertiary alicyclic amines) is 1. The molecule has 0 bridgehead atoms. The van der Waals surface area contributed by atoms with Crippen LogP contribution in [0.1, 0.15) is 56.9 Å². The second-order valence-electron chi connectivity index (χ2n) is 8.09. The second kappa shape index (κ2) is 7.85. The molecule has 2 aromatic rings. The SMILES string of the molecule is O=c1c2ccc(C(F)(F)F)cc2ncn1CC[C@H]1CCCCN1C1CCCC1. The number of aromatic nitrogens is 2. The summed E-state index contributed by atoms with van der Waals surface area (Å²) in [4.78, 5) is 19.5. The lowest BCUT2D eigenvalue weighted by molar-refractivity contribution is -0.137. The maximum Gasteiger partial charge on any atom is 0.416 e. The highest BCUT2D eigenvalue weighted by Gasteiger charge is 2.31. The number of alkyl halides is 3. The van der Waals surface area contributed by atoms with Crippen LogP contribution < -0.4 is 5.56 Å². The number of fused-ring (bicyclic) bond motifs is 1. The summed E-state index contributed by atoms with van der Waals surface area (Å²) in [5, 5.41) is 0.242. The summed E-state index contributed by atoms with van der Waals surface area (Å²) >= 11 is 0. The van der Waals surface area contributed by atoms with E-state index in [-0.39, 0.29) is 16.5 Å². The highest BCUT2D eigenvalue weighted by molar-refractivity contribution is 5.78. The van der Waals surface area contributed by atoms with Crippen molar-refractivity contribution >= 4 is 10.9 Å². The Hall–Kier alpha value is -1.89. The summed E-state index contributed by atoms with van der Waals surface area (Å²) in [7, 11) is 0. The van der Waals surface area contributed by atoms with E-state index in [0.717, 1.165) is 31.5 Å². The Morgan fingerprint density at radius 3 is 2.57 bits per heavy atom. The van der Waals surface area contributed by atoms with Crippen molar-refractivity contribution in [3.05, 3.63) is 40.4 Å². The Labute approximate surface area is 162 Å². The van der Waals surface area contributed by atoms with Crippen molar-refractivity contribution in [2.24, 2.45) is 0 Å². The van der Waals surface area contributed by atoms with Crippen LogP contribution in [-0.2, 0) is 12.7 Å². The van der Waals surface area contributed by atoms with Gasteiger partial charge in [-0.25, -0.2) is 4.98 Å². The molecule has 7 heteroatoms. The Balaban J connectivity index is 1.51. The van der Waals surface area contributed by atoms with E-state index in [1.807, 2.05) is 0 Å². The number of halogens is 3. The van der Waals surface area contributed by atoms with E-state index < -0.39 is 11.7 Å². The molecule has 2 fully saturated rings. The lowest BCUT2D eigenvalue weighted by Crippen LogP contribution is -2.45. The zero-order valence-electron chi connectivity index (χ0n) is 15.9. The van der Waals surface area contributed by atoms with E-state index in [1.165, 1.54) is 50.9 Å². The highest BCUT2D eigenvalue weighted by Crippen LogP contribution is 2.31. The van der Waals surface area contributed by atoms with Crippen LogP contribution >= 0.6 is 0 Å². The van der Waals surface area contributed by atoms with Crippen LogP contribution in [0, 0.1) is 0 Å². The van der Waals surface area contributed by atoms with E-state index in [9.17, 15) is 18.0 Å². The molecule has 0 spiro atoms. The molecular weight excluding hydrogens is 367 g/mol. The first kappa shape index (κ1) is 19.4. The summed E-state index contributed by atoms with van der Waals surface area (Å²) in [6, 6.07) is 4.31. The first-order valence-corrected chi connectivity index (χ1v) is 10.3. The molecule has 2 heterocycles. The van der Waals surface area contributed by atoms with Crippen LogP contribution in [0.3, 0.4) is 0 Å². The molecule has 28 heavy (non-hydrogen) atoms. The van der Waals surface area contributed by atoms with E-state index in [1.54, 1.807) is 4.57 Å². The van der Waals surface area contributed by atoms with Gasteiger partial charge in [0.05, 0.1) is 22.8 Å².